The first kappa shape index (κ1) is 50.9. The maximum Gasteiger partial charge on any atom is 0.225 e. The van der Waals surface area contributed by atoms with Crippen LogP contribution in [0.5, 0.6) is 11.5 Å². The standard InChI is InChI=1S/2C19H24N4O2.4ClH.H2O/c2*1-25-17-7-5-16(6-8-17)21-19(24)9-11-22-12-14-23(15-13-22)18-4-2-3-10-20-18;;;;;/h2*2-8,10H,9,11-15H2,1H3,(H,21,24);4*1H;1H2. The van der Waals surface area contributed by atoms with Crippen molar-refractivity contribution in [2.75, 3.05) is 100 Å². The van der Waals surface area contributed by atoms with E-state index in [0.717, 1.165) is 100.0 Å². The van der Waals surface area contributed by atoms with Gasteiger partial charge < -0.3 is 35.4 Å². The summed E-state index contributed by atoms with van der Waals surface area (Å²) >= 11 is 0. The molecule has 0 unspecified atom stereocenters. The third kappa shape index (κ3) is 17.1. The molecule has 2 aliphatic heterocycles. The Balaban J connectivity index is 0.000000972. The van der Waals surface area contributed by atoms with Crippen LogP contribution in [0.25, 0.3) is 0 Å². The minimum atomic E-state index is 0. The highest BCUT2D eigenvalue weighted by molar-refractivity contribution is 5.91. The highest BCUT2D eigenvalue weighted by Gasteiger charge is 2.19. The number of halogens is 4. The lowest BCUT2D eigenvalue weighted by Crippen LogP contribution is -2.47. The van der Waals surface area contributed by atoms with Crippen molar-refractivity contribution in [1.82, 2.24) is 19.8 Å². The van der Waals surface area contributed by atoms with Crippen molar-refractivity contribution in [2.24, 2.45) is 0 Å². The number of carbonyl (C=O) groups excluding carboxylic acids is 2. The fourth-order valence-electron chi connectivity index (χ4n) is 5.80. The van der Waals surface area contributed by atoms with Crippen molar-refractivity contribution in [3.05, 3.63) is 97.3 Å². The second-order valence-corrected chi connectivity index (χ2v) is 12.1. The fraction of sp³-hybridized carbons (Fsp3) is 0.368. The van der Waals surface area contributed by atoms with E-state index in [1.165, 1.54) is 0 Å². The quantitative estimate of drug-likeness (QED) is 0.192. The normalized spacial score (nSPS) is 13.6. The number of nitrogens with zero attached hydrogens (tertiary/aromatic N) is 6. The lowest BCUT2D eigenvalue weighted by atomic mass is 10.2. The van der Waals surface area contributed by atoms with Gasteiger partial charge in [-0.2, -0.15) is 0 Å². The zero-order valence-corrected chi connectivity index (χ0v) is 34.4. The van der Waals surface area contributed by atoms with Gasteiger partial charge in [-0.25, -0.2) is 9.97 Å². The number of piperazine rings is 2. The lowest BCUT2D eigenvalue weighted by molar-refractivity contribution is -0.117. The topological polar surface area (TPSA) is 147 Å². The van der Waals surface area contributed by atoms with Gasteiger partial charge in [-0.1, -0.05) is 12.1 Å². The van der Waals surface area contributed by atoms with E-state index >= 15 is 0 Å². The monoisotopic (exact) mass is 842 g/mol. The molecule has 2 aliphatic rings. The van der Waals surface area contributed by atoms with Crippen LogP contribution in [0.15, 0.2) is 97.3 Å². The summed E-state index contributed by atoms with van der Waals surface area (Å²) in [5.41, 5.74) is 1.59. The van der Waals surface area contributed by atoms with E-state index in [2.05, 4.69) is 40.2 Å². The Morgan fingerprint density at radius 3 is 1.18 bits per heavy atom. The first-order chi connectivity index (χ1) is 24.5. The van der Waals surface area contributed by atoms with Gasteiger partial charge in [0, 0.05) is 102 Å². The molecule has 2 fully saturated rings. The van der Waals surface area contributed by atoms with Crippen LogP contribution < -0.4 is 29.9 Å². The largest absolute Gasteiger partial charge is 0.497 e. The number of ether oxygens (including phenoxy) is 2. The van der Waals surface area contributed by atoms with Gasteiger partial charge in [-0.3, -0.25) is 19.4 Å². The van der Waals surface area contributed by atoms with Crippen molar-refractivity contribution >= 4 is 84.5 Å². The Bertz CT molecular complexity index is 1480. The van der Waals surface area contributed by atoms with Gasteiger partial charge in [0.2, 0.25) is 11.8 Å². The van der Waals surface area contributed by atoms with Crippen LogP contribution in [0.3, 0.4) is 0 Å². The number of nitrogens with one attached hydrogen (secondary N) is 2. The highest BCUT2D eigenvalue weighted by atomic mass is 35.5. The van der Waals surface area contributed by atoms with Gasteiger partial charge in [0.15, 0.2) is 0 Å². The SMILES string of the molecule is COc1ccc(NC(=O)CCN2CCN(c3ccccn3)CC2)cc1.COc1ccc(NC(=O)CCN2CCN(c3ccccn3)CC2)cc1.Cl.Cl.Cl.Cl.O. The third-order valence-corrected chi connectivity index (χ3v) is 8.75. The smallest absolute Gasteiger partial charge is 0.225 e. The summed E-state index contributed by atoms with van der Waals surface area (Å²) in [6.45, 7) is 9.12. The van der Waals surface area contributed by atoms with Gasteiger partial charge in [-0.05, 0) is 72.8 Å². The van der Waals surface area contributed by atoms with Gasteiger partial charge in [0.25, 0.3) is 0 Å². The van der Waals surface area contributed by atoms with E-state index < -0.39 is 0 Å². The van der Waals surface area contributed by atoms with Crippen LogP contribution >= 0.6 is 49.6 Å². The number of hydrogen-bond donors (Lipinski definition) is 2. The first-order valence-electron chi connectivity index (χ1n) is 17.1. The second-order valence-electron chi connectivity index (χ2n) is 12.1. The van der Waals surface area contributed by atoms with Crippen molar-refractivity contribution in [3.63, 3.8) is 0 Å². The average Bonchev–Trinajstić information content (AvgIpc) is 3.18. The number of anilines is 4. The Morgan fingerprint density at radius 2 is 0.891 bits per heavy atom. The molecule has 0 saturated carbocycles. The summed E-state index contributed by atoms with van der Waals surface area (Å²) in [7, 11) is 3.25. The molecule has 4 aromatic rings. The molecule has 55 heavy (non-hydrogen) atoms. The molecular weight excluding hydrogens is 790 g/mol. The van der Waals surface area contributed by atoms with Gasteiger partial charge >= 0.3 is 0 Å². The molecule has 0 spiro atoms. The summed E-state index contributed by atoms with van der Waals surface area (Å²) < 4.78 is 10.2. The van der Waals surface area contributed by atoms with E-state index in [0.29, 0.717) is 12.8 Å². The molecule has 0 atom stereocenters. The minimum Gasteiger partial charge on any atom is -0.497 e. The van der Waals surface area contributed by atoms with Crippen molar-refractivity contribution in [2.45, 2.75) is 12.8 Å². The van der Waals surface area contributed by atoms with Crippen molar-refractivity contribution in [3.8, 4) is 11.5 Å². The van der Waals surface area contributed by atoms with Gasteiger partial charge in [0.1, 0.15) is 23.1 Å². The molecule has 2 aromatic carbocycles. The number of methoxy groups -OCH3 is 2. The summed E-state index contributed by atoms with van der Waals surface area (Å²) in [5.74, 6) is 3.70. The van der Waals surface area contributed by atoms with Crippen LogP contribution in [0.4, 0.5) is 23.0 Å². The molecule has 0 radical (unpaired) electrons. The molecule has 4 N–H and O–H groups in total. The van der Waals surface area contributed by atoms with Crippen LogP contribution in [0.1, 0.15) is 12.8 Å². The van der Waals surface area contributed by atoms with Crippen molar-refractivity contribution in [1.29, 1.82) is 0 Å². The predicted octanol–water partition coefficient (Wildman–Crippen LogP) is 5.34. The van der Waals surface area contributed by atoms with E-state index in [9.17, 15) is 9.59 Å². The number of hydrogen-bond acceptors (Lipinski definition) is 10. The predicted molar refractivity (Wildman–Crippen MR) is 231 cm³/mol. The molecule has 17 heteroatoms. The van der Waals surface area contributed by atoms with Gasteiger partial charge in [-0.15, -0.1) is 49.6 Å². The number of benzene rings is 2. The fourth-order valence-corrected chi connectivity index (χ4v) is 5.80. The van der Waals surface area contributed by atoms with Crippen molar-refractivity contribution < 1.29 is 24.5 Å². The number of pyridine rings is 2. The molecule has 13 nitrogen and oxygen atoms in total. The van der Waals surface area contributed by atoms with Crippen LogP contribution in [0.2, 0.25) is 0 Å². The Kier molecular flexibility index (Phi) is 25.5. The van der Waals surface area contributed by atoms with Crippen LogP contribution in [-0.2, 0) is 9.59 Å². The maximum atomic E-state index is 12.1. The number of aromatic nitrogens is 2. The van der Waals surface area contributed by atoms with E-state index in [1.807, 2.05) is 97.3 Å². The molecule has 2 amide bonds. The minimum absolute atomic E-state index is 0. The zero-order chi connectivity index (χ0) is 35.0. The van der Waals surface area contributed by atoms with E-state index in [-0.39, 0.29) is 66.9 Å². The molecule has 2 aromatic heterocycles. The number of carbonyl (C=O) groups is 2. The molecule has 6 rings (SSSR count). The molecule has 0 bridgehead atoms. The Labute approximate surface area is 349 Å². The summed E-state index contributed by atoms with van der Waals surface area (Å²) in [4.78, 5) is 42.2. The molecular formula is C38H54Cl4N8O5. The first-order valence-corrected chi connectivity index (χ1v) is 17.1. The number of rotatable bonds is 12. The number of amides is 2. The third-order valence-electron chi connectivity index (χ3n) is 8.75. The summed E-state index contributed by atoms with van der Waals surface area (Å²) in [6, 6.07) is 26.7. The molecule has 2 saturated heterocycles. The van der Waals surface area contributed by atoms with Crippen LogP contribution in [0, 0.1) is 0 Å². The Morgan fingerprint density at radius 1 is 0.545 bits per heavy atom. The highest BCUT2D eigenvalue weighted by Crippen LogP contribution is 2.18. The lowest BCUT2D eigenvalue weighted by Gasteiger charge is -2.35. The second kappa shape index (κ2) is 27.5. The van der Waals surface area contributed by atoms with Crippen LogP contribution in [-0.4, -0.2) is 117 Å². The molecule has 304 valence electrons. The maximum absolute atomic E-state index is 12.1. The van der Waals surface area contributed by atoms with E-state index in [4.69, 9.17) is 9.47 Å². The summed E-state index contributed by atoms with van der Waals surface area (Å²) in [6.07, 6.45) is 4.64. The van der Waals surface area contributed by atoms with E-state index in [1.54, 1.807) is 14.2 Å². The molecule has 0 aliphatic carbocycles. The average molecular weight is 845 g/mol. The summed E-state index contributed by atoms with van der Waals surface area (Å²) in [5, 5.41) is 5.85. The van der Waals surface area contributed by atoms with Gasteiger partial charge in [0.05, 0.1) is 14.2 Å². The molecule has 4 heterocycles. The zero-order valence-electron chi connectivity index (χ0n) is 31.2. The Hall–Kier alpha value is -4.08.